The fourth-order valence-electron chi connectivity index (χ4n) is 2.55. The van der Waals surface area contributed by atoms with Gasteiger partial charge < -0.3 is 10.1 Å². The molecule has 0 aliphatic heterocycles. The Morgan fingerprint density at radius 2 is 1.91 bits per heavy atom. The molecule has 116 valence electrons. The van der Waals surface area contributed by atoms with Crippen LogP contribution in [0.25, 0.3) is 22.0 Å². The number of carbonyl (C=O) groups is 1. The number of fused-ring (bicyclic) bond motifs is 1. The molecule has 0 saturated carbocycles. The number of H-pyrrole nitrogens is 1. The summed E-state index contributed by atoms with van der Waals surface area (Å²) in [5.74, 6) is -0.206. The van der Waals surface area contributed by atoms with Gasteiger partial charge in [-0.05, 0) is 35.1 Å². The van der Waals surface area contributed by atoms with Gasteiger partial charge in [0.15, 0.2) is 5.43 Å². The molecule has 0 bridgehead atoms. The van der Waals surface area contributed by atoms with E-state index in [2.05, 4.69) is 23.4 Å². The van der Waals surface area contributed by atoms with Gasteiger partial charge in [-0.3, -0.25) is 4.79 Å². The van der Waals surface area contributed by atoms with Crippen LogP contribution in [0.5, 0.6) is 0 Å². The van der Waals surface area contributed by atoms with Crippen LogP contribution < -0.4 is 5.43 Å². The highest BCUT2D eigenvalue weighted by molar-refractivity contribution is 7.97. The maximum Gasteiger partial charge on any atom is 0.352 e. The summed E-state index contributed by atoms with van der Waals surface area (Å²) >= 11 is 1.76. The third kappa shape index (κ3) is 3.14. The summed E-state index contributed by atoms with van der Waals surface area (Å²) in [5, 5.41) is 9.50. The Morgan fingerprint density at radius 1 is 1.13 bits per heavy atom. The Hall–Kier alpha value is -2.53. The summed E-state index contributed by atoms with van der Waals surface area (Å²) in [5.41, 5.74) is 3.34. The Kier molecular flexibility index (Phi) is 4.21. The average Bonchev–Trinajstić information content (AvgIpc) is 2.55. The van der Waals surface area contributed by atoms with Crippen molar-refractivity contribution in [3.8, 4) is 11.1 Å². The number of rotatable bonds is 4. The summed E-state index contributed by atoms with van der Waals surface area (Å²) < 4.78 is 0. The molecule has 0 aliphatic rings. The topological polar surface area (TPSA) is 70.2 Å². The second kappa shape index (κ2) is 6.30. The first-order valence-electron chi connectivity index (χ1n) is 7.07. The van der Waals surface area contributed by atoms with Gasteiger partial charge in [0.2, 0.25) is 0 Å². The number of hydrogen-bond acceptors (Lipinski definition) is 3. The predicted molar refractivity (Wildman–Crippen MR) is 94.2 cm³/mol. The van der Waals surface area contributed by atoms with Crippen LogP contribution in [0.15, 0.2) is 53.3 Å². The molecule has 0 aliphatic carbocycles. The lowest BCUT2D eigenvalue weighted by atomic mass is 10.0. The SMILES string of the molecule is CSCc1cccc(-c2ccc3[nH]c(C(=O)O)cc(=O)c3c2)c1. The number of aromatic carboxylic acids is 1. The molecule has 0 spiro atoms. The number of nitrogens with one attached hydrogen (secondary N) is 1. The van der Waals surface area contributed by atoms with Gasteiger partial charge in [0, 0.05) is 22.7 Å². The van der Waals surface area contributed by atoms with E-state index in [0.717, 1.165) is 22.9 Å². The third-order valence-corrected chi connectivity index (χ3v) is 4.25. The maximum absolute atomic E-state index is 12.2. The van der Waals surface area contributed by atoms with E-state index in [9.17, 15) is 9.59 Å². The van der Waals surface area contributed by atoms with Crippen LogP contribution in [0.4, 0.5) is 0 Å². The van der Waals surface area contributed by atoms with Crippen LogP contribution in [0.3, 0.4) is 0 Å². The zero-order chi connectivity index (χ0) is 16.4. The Bertz CT molecular complexity index is 946. The van der Waals surface area contributed by atoms with E-state index in [-0.39, 0.29) is 11.1 Å². The van der Waals surface area contributed by atoms with E-state index < -0.39 is 5.97 Å². The number of benzene rings is 2. The van der Waals surface area contributed by atoms with Crippen LogP contribution in [-0.4, -0.2) is 22.3 Å². The fourth-order valence-corrected chi connectivity index (χ4v) is 3.06. The van der Waals surface area contributed by atoms with E-state index in [4.69, 9.17) is 5.11 Å². The second-order valence-electron chi connectivity index (χ2n) is 5.25. The predicted octanol–water partition coefficient (Wildman–Crippen LogP) is 3.76. The highest BCUT2D eigenvalue weighted by atomic mass is 32.2. The van der Waals surface area contributed by atoms with E-state index in [1.54, 1.807) is 23.9 Å². The molecule has 0 amide bonds. The molecular formula is C18H15NO3S. The molecule has 3 aromatic rings. The first-order valence-corrected chi connectivity index (χ1v) is 8.46. The van der Waals surface area contributed by atoms with Crippen LogP contribution in [0, 0.1) is 0 Å². The van der Waals surface area contributed by atoms with Crippen LogP contribution in [0.1, 0.15) is 16.1 Å². The number of carboxylic acids is 1. The van der Waals surface area contributed by atoms with Crippen molar-refractivity contribution < 1.29 is 9.90 Å². The van der Waals surface area contributed by atoms with Crippen molar-refractivity contribution in [3.05, 3.63) is 70.0 Å². The van der Waals surface area contributed by atoms with E-state index in [1.165, 1.54) is 5.56 Å². The molecule has 2 N–H and O–H groups in total. The Labute approximate surface area is 137 Å². The number of aromatic nitrogens is 1. The van der Waals surface area contributed by atoms with Gasteiger partial charge in [-0.15, -0.1) is 0 Å². The summed E-state index contributed by atoms with van der Waals surface area (Å²) in [6.45, 7) is 0. The molecule has 3 rings (SSSR count). The zero-order valence-electron chi connectivity index (χ0n) is 12.5. The molecule has 23 heavy (non-hydrogen) atoms. The van der Waals surface area contributed by atoms with Gasteiger partial charge in [0.1, 0.15) is 5.69 Å². The standard InChI is InChI=1S/C18H15NO3S/c1-23-10-11-3-2-4-12(7-11)13-5-6-15-14(8-13)17(20)9-16(19-15)18(21)22/h2-9H,10H2,1H3,(H,19,20)(H,21,22). The van der Waals surface area contributed by atoms with Crippen molar-refractivity contribution in [2.75, 3.05) is 6.26 Å². The molecule has 0 fully saturated rings. The average molecular weight is 325 g/mol. The Balaban J connectivity index is 2.12. The lowest BCUT2D eigenvalue weighted by molar-refractivity contribution is 0.0691. The second-order valence-corrected chi connectivity index (χ2v) is 6.11. The number of pyridine rings is 1. The normalized spacial score (nSPS) is 10.8. The maximum atomic E-state index is 12.2. The number of thioether (sulfide) groups is 1. The molecule has 5 heteroatoms. The lowest BCUT2D eigenvalue weighted by Gasteiger charge is -2.07. The number of aromatic amines is 1. The van der Waals surface area contributed by atoms with Crippen molar-refractivity contribution in [2.24, 2.45) is 0 Å². The summed E-state index contributed by atoms with van der Waals surface area (Å²) in [7, 11) is 0. The monoisotopic (exact) mass is 325 g/mol. The summed E-state index contributed by atoms with van der Waals surface area (Å²) in [4.78, 5) is 26.0. The fraction of sp³-hybridized carbons (Fsp3) is 0.111. The molecule has 2 aromatic carbocycles. The lowest BCUT2D eigenvalue weighted by Crippen LogP contribution is -2.09. The molecule has 1 aromatic heterocycles. The minimum absolute atomic E-state index is 0.0998. The first-order chi connectivity index (χ1) is 11.1. The largest absolute Gasteiger partial charge is 0.477 e. The zero-order valence-corrected chi connectivity index (χ0v) is 13.3. The van der Waals surface area contributed by atoms with Crippen molar-refractivity contribution in [1.29, 1.82) is 0 Å². The number of hydrogen-bond donors (Lipinski definition) is 2. The quantitative estimate of drug-likeness (QED) is 0.766. The molecule has 0 atom stereocenters. The minimum Gasteiger partial charge on any atom is -0.477 e. The highest BCUT2D eigenvalue weighted by Crippen LogP contribution is 2.24. The van der Waals surface area contributed by atoms with Crippen molar-refractivity contribution in [1.82, 2.24) is 4.98 Å². The van der Waals surface area contributed by atoms with Gasteiger partial charge >= 0.3 is 5.97 Å². The molecule has 0 saturated heterocycles. The smallest absolute Gasteiger partial charge is 0.352 e. The molecule has 1 heterocycles. The summed E-state index contributed by atoms with van der Waals surface area (Å²) in [6, 6.07) is 14.8. The van der Waals surface area contributed by atoms with Gasteiger partial charge in [-0.2, -0.15) is 11.8 Å². The molecule has 4 nitrogen and oxygen atoms in total. The highest BCUT2D eigenvalue weighted by Gasteiger charge is 2.09. The van der Waals surface area contributed by atoms with Crippen LogP contribution in [-0.2, 0) is 5.75 Å². The minimum atomic E-state index is -1.14. The number of carboxylic acid groups (broad SMARTS) is 1. The van der Waals surface area contributed by atoms with E-state index in [1.807, 2.05) is 18.2 Å². The molecular weight excluding hydrogens is 310 g/mol. The summed E-state index contributed by atoms with van der Waals surface area (Å²) in [6.07, 6.45) is 2.06. The molecule has 0 unspecified atom stereocenters. The van der Waals surface area contributed by atoms with Crippen molar-refractivity contribution in [2.45, 2.75) is 5.75 Å². The van der Waals surface area contributed by atoms with Gasteiger partial charge in [0.25, 0.3) is 0 Å². The Morgan fingerprint density at radius 3 is 2.65 bits per heavy atom. The van der Waals surface area contributed by atoms with Gasteiger partial charge in [-0.1, -0.05) is 30.3 Å². The van der Waals surface area contributed by atoms with Gasteiger partial charge in [-0.25, -0.2) is 4.79 Å². The third-order valence-electron chi connectivity index (χ3n) is 3.63. The van der Waals surface area contributed by atoms with Crippen molar-refractivity contribution in [3.63, 3.8) is 0 Å². The van der Waals surface area contributed by atoms with E-state index in [0.29, 0.717) is 10.9 Å². The van der Waals surface area contributed by atoms with Crippen molar-refractivity contribution >= 4 is 28.6 Å². The van der Waals surface area contributed by atoms with Crippen LogP contribution >= 0.6 is 11.8 Å². The molecule has 0 radical (unpaired) electrons. The van der Waals surface area contributed by atoms with E-state index >= 15 is 0 Å². The first kappa shape index (κ1) is 15.4. The van der Waals surface area contributed by atoms with Gasteiger partial charge in [0.05, 0.1) is 0 Å². The van der Waals surface area contributed by atoms with Crippen LogP contribution in [0.2, 0.25) is 0 Å².